The lowest BCUT2D eigenvalue weighted by Gasteiger charge is -2.38. The van der Waals surface area contributed by atoms with Crippen LogP contribution in [0.25, 0.3) is 0 Å². The SMILES string of the molecule is CCCCNC(=O)[C@H](C)C[C@H](O)[C@H](CC(C)(C)CC(=O)N1CC(C(=O)OC(C)(C)C)Cc2ccccc21)NC(=O)OC(C)(C)C. The lowest BCUT2D eigenvalue weighted by Crippen LogP contribution is -2.49. The lowest BCUT2D eigenvalue weighted by molar-refractivity contribution is -0.159. The summed E-state index contributed by atoms with van der Waals surface area (Å²) in [6, 6.07) is 6.79. The first-order valence-electron chi connectivity index (χ1n) is 16.3. The van der Waals surface area contributed by atoms with Crippen LogP contribution in [0.3, 0.4) is 0 Å². The van der Waals surface area contributed by atoms with E-state index in [1.54, 1.807) is 32.6 Å². The van der Waals surface area contributed by atoms with E-state index < -0.39 is 46.7 Å². The van der Waals surface area contributed by atoms with Crippen molar-refractivity contribution in [3.8, 4) is 0 Å². The molecule has 1 aromatic rings. The number of nitrogens with one attached hydrogen (secondary N) is 2. The van der Waals surface area contributed by atoms with Gasteiger partial charge >= 0.3 is 12.1 Å². The molecule has 10 heteroatoms. The number of alkyl carbamates (subject to hydrolysis) is 1. The van der Waals surface area contributed by atoms with Crippen molar-refractivity contribution in [2.75, 3.05) is 18.0 Å². The molecule has 4 atom stereocenters. The highest BCUT2D eigenvalue weighted by Crippen LogP contribution is 2.35. The number of hydrogen-bond donors (Lipinski definition) is 3. The molecule has 3 N–H and O–H groups in total. The zero-order valence-corrected chi connectivity index (χ0v) is 29.1. The summed E-state index contributed by atoms with van der Waals surface area (Å²) in [6.07, 6.45) is 1.02. The van der Waals surface area contributed by atoms with Crippen molar-refractivity contribution in [1.29, 1.82) is 0 Å². The van der Waals surface area contributed by atoms with Crippen LogP contribution < -0.4 is 15.5 Å². The quantitative estimate of drug-likeness (QED) is 0.192. The normalized spacial score (nSPS) is 17.4. The van der Waals surface area contributed by atoms with Gasteiger partial charge in [0.15, 0.2) is 0 Å². The Hall–Kier alpha value is -3.14. The van der Waals surface area contributed by atoms with Gasteiger partial charge in [-0.05, 0) is 84.3 Å². The monoisotopic (exact) mass is 631 g/mol. The van der Waals surface area contributed by atoms with Crippen molar-refractivity contribution in [3.05, 3.63) is 29.8 Å². The Bertz CT molecular complexity index is 1170. The maximum absolute atomic E-state index is 13.9. The molecule has 45 heavy (non-hydrogen) atoms. The van der Waals surface area contributed by atoms with Crippen LogP contribution in [0, 0.1) is 17.3 Å². The predicted octanol–water partition coefficient (Wildman–Crippen LogP) is 5.54. The molecule has 1 aliphatic rings. The molecule has 0 saturated carbocycles. The summed E-state index contributed by atoms with van der Waals surface area (Å²) in [6.45, 7) is 19.1. The first-order valence-corrected chi connectivity index (χ1v) is 16.3. The van der Waals surface area contributed by atoms with Crippen LogP contribution in [-0.4, -0.2) is 65.4 Å². The molecular weight excluding hydrogens is 574 g/mol. The van der Waals surface area contributed by atoms with Crippen LogP contribution in [0.15, 0.2) is 24.3 Å². The van der Waals surface area contributed by atoms with Gasteiger partial charge in [0, 0.05) is 31.1 Å². The topological polar surface area (TPSA) is 134 Å². The summed E-state index contributed by atoms with van der Waals surface area (Å²) in [5.74, 6) is -1.66. The average molecular weight is 632 g/mol. The molecular formula is C35H57N3O7. The van der Waals surface area contributed by atoms with Crippen molar-refractivity contribution in [2.45, 2.75) is 131 Å². The summed E-state index contributed by atoms with van der Waals surface area (Å²) in [5.41, 5.74) is -0.404. The van der Waals surface area contributed by atoms with Crippen LogP contribution in [0.2, 0.25) is 0 Å². The number of aliphatic hydroxyl groups excluding tert-OH is 1. The number of carbonyl (C=O) groups is 4. The van der Waals surface area contributed by atoms with Crippen LogP contribution in [0.4, 0.5) is 10.5 Å². The highest BCUT2D eigenvalue weighted by atomic mass is 16.6. The number of nitrogens with zero attached hydrogens (tertiary/aromatic N) is 1. The Morgan fingerprint density at radius 3 is 2.22 bits per heavy atom. The van der Waals surface area contributed by atoms with Crippen molar-refractivity contribution >= 4 is 29.6 Å². The summed E-state index contributed by atoms with van der Waals surface area (Å²) in [5, 5.41) is 17.0. The smallest absolute Gasteiger partial charge is 0.407 e. The molecule has 0 radical (unpaired) electrons. The third-order valence-electron chi connectivity index (χ3n) is 7.63. The van der Waals surface area contributed by atoms with Crippen LogP contribution in [-0.2, 0) is 30.3 Å². The van der Waals surface area contributed by atoms with E-state index in [-0.39, 0.29) is 43.6 Å². The molecule has 0 aliphatic carbocycles. The van der Waals surface area contributed by atoms with E-state index in [4.69, 9.17) is 9.47 Å². The number of para-hydroxylation sites is 1. The molecule has 10 nitrogen and oxygen atoms in total. The zero-order chi connectivity index (χ0) is 34.2. The minimum atomic E-state index is -1.06. The van der Waals surface area contributed by atoms with E-state index in [1.165, 1.54) is 0 Å². The molecule has 2 rings (SSSR count). The molecule has 1 aromatic carbocycles. The maximum Gasteiger partial charge on any atom is 0.407 e. The molecule has 0 bridgehead atoms. The Morgan fingerprint density at radius 1 is 1.00 bits per heavy atom. The van der Waals surface area contributed by atoms with E-state index in [2.05, 4.69) is 10.6 Å². The molecule has 254 valence electrons. The number of benzene rings is 1. The number of rotatable bonds is 13. The van der Waals surface area contributed by atoms with Crippen molar-refractivity contribution in [3.63, 3.8) is 0 Å². The summed E-state index contributed by atoms with van der Waals surface area (Å²) in [4.78, 5) is 54.1. The first-order chi connectivity index (χ1) is 20.7. The summed E-state index contributed by atoms with van der Waals surface area (Å²) >= 11 is 0. The Morgan fingerprint density at radius 2 is 1.62 bits per heavy atom. The second kappa shape index (κ2) is 15.9. The second-order valence-corrected chi connectivity index (χ2v) is 15.2. The van der Waals surface area contributed by atoms with Crippen LogP contribution in [0.5, 0.6) is 0 Å². The molecule has 1 heterocycles. The van der Waals surface area contributed by atoms with E-state index in [9.17, 15) is 24.3 Å². The minimum absolute atomic E-state index is 0.0919. The van der Waals surface area contributed by atoms with Gasteiger partial charge in [-0.2, -0.15) is 0 Å². The minimum Gasteiger partial charge on any atom is -0.460 e. The van der Waals surface area contributed by atoms with E-state index in [0.717, 1.165) is 24.1 Å². The fourth-order valence-electron chi connectivity index (χ4n) is 5.49. The number of carbonyl (C=O) groups excluding carboxylic acids is 4. The predicted molar refractivity (Wildman–Crippen MR) is 176 cm³/mol. The fourth-order valence-corrected chi connectivity index (χ4v) is 5.49. The van der Waals surface area contributed by atoms with E-state index in [0.29, 0.717) is 13.0 Å². The number of aliphatic hydroxyl groups is 1. The number of anilines is 1. The number of amides is 3. The number of fused-ring (bicyclic) bond motifs is 1. The van der Waals surface area contributed by atoms with Gasteiger partial charge in [0.2, 0.25) is 11.8 Å². The fraction of sp³-hybridized carbons (Fsp3) is 0.714. The maximum atomic E-state index is 13.9. The zero-order valence-electron chi connectivity index (χ0n) is 29.1. The van der Waals surface area contributed by atoms with Crippen LogP contribution >= 0.6 is 0 Å². The summed E-state index contributed by atoms with van der Waals surface area (Å²) < 4.78 is 11.1. The third-order valence-corrected chi connectivity index (χ3v) is 7.63. The average Bonchev–Trinajstić information content (AvgIpc) is 2.89. The van der Waals surface area contributed by atoms with Gasteiger partial charge in [-0.1, -0.05) is 52.3 Å². The molecule has 0 fully saturated rings. The Balaban J connectivity index is 2.24. The van der Waals surface area contributed by atoms with Gasteiger partial charge in [-0.25, -0.2) is 4.79 Å². The molecule has 1 unspecified atom stereocenters. The van der Waals surface area contributed by atoms with Gasteiger partial charge in [-0.15, -0.1) is 0 Å². The Kier molecular flexibility index (Phi) is 13.5. The van der Waals surface area contributed by atoms with E-state index >= 15 is 0 Å². The van der Waals surface area contributed by atoms with E-state index in [1.807, 2.05) is 65.8 Å². The molecule has 0 saturated heterocycles. The second-order valence-electron chi connectivity index (χ2n) is 15.2. The standard InChI is InChI=1S/C35H57N3O7/c1-11-12-17-36-30(41)23(2)18-28(39)26(37-32(43)45-34(6,7)8)20-35(9,10)21-29(40)38-22-25(31(42)44-33(3,4)5)19-24-15-13-14-16-27(24)38/h13-16,23,25-26,28,39H,11-12,17-22H2,1-10H3,(H,36,41)(H,37,43)/t23-,25?,26+,28+/m1/s1. The highest BCUT2D eigenvalue weighted by Gasteiger charge is 2.38. The first kappa shape index (κ1) is 38.0. The van der Waals surface area contributed by atoms with Crippen molar-refractivity contribution in [2.24, 2.45) is 17.3 Å². The molecule has 1 aliphatic heterocycles. The highest BCUT2D eigenvalue weighted by molar-refractivity contribution is 5.96. The number of ether oxygens (including phenoxy) is 2. The van der Waals surface area contributed by atoms with Gasteiger partial charge < -0.3 is 30.1 Å². The third kappa shape index (κ3) is 13.0. The molecule has 0 spiro atoms. The number of esters is 1. The molecule has 3 amide bonds. The van der Waals surface area contributed by atoms with Crippen molar-refractivity contribution in [1.82, 2.24) is 10.6 Å². The van der Waals surface area contributed by atoms with Crippen LogP contribution in [0.1, 0.15) is 107 Å². The Labute approximate surface area is 270 Å². The van der Waals surface area contributed by atoms with Gasteiger partial charge in [0.25, 0.3) is 0 Å². The number of unbranched alkanes of at least 4 members (excludes halogenated alkanes) is 1. The van der Waals surface area contributed by atoms with Gasteiger partial charge in [0.1, 0.15) is 11.2 Å². The van der Waals surface area contributed by atoms with Crippen molar-refractivity contribution < 1.29 is 33.8 Å². The molecule has 0 aromatic heterocycles. The van der Waals surface area contributed by atoms with Gasteiger partial charge in [0.05, 0.1) is 18.1 Å². The number of hydrogen-bond acceptors (Lipinski definition) is 7. The van der Waals surface area contributed by atoms with Gasteiger partial charge in [-0.3, -0.25) is 14.4 Å². The largest absolute Gasteiger partial charge is 0.460 e. The summed E-state index contributed by atoms with van der Waals surface area (Å²) in [7, 11) is 0. The lowest BCUT2D eigenvalue weighted by atomic mass is 9.79.